The minimum Gasteiger partial charge on any atom is -0.498 e. The van der Waals surface area contributed by atoms with Crippen LogP contribution in [0.1, 0.15) is 25.8 Å². The Labute approximate surface area is 165 Å². The summed E-state index contributed by atoms with van der Waals surface area (Å²) in [6, 6.07) is 16.6. The van der Waals surface area contributed by atoms with Crippen LogP contribution in [0.25, 0.3) is 11.1 Å². The van der Waals surface area contributed by atoms with Crippen LogP contribution in [0, 0.1) is 11.3 Å². The predicted molar refractivity (Wildman–Crippen MR) is 107 cm³/mol. The van der Waals surface area contributed by atoms with Crippen molar-refractivity contribution in [1.29, 1.82) is 5.26 Å². The van der Waals surface area contributed by atoms with E-state index in [9.17, 15) is 4.79 Å². The molecule has 1 N–H and O–H groups in total. The third-order valence-electron chi connectivity index (χ3n) is 3.93. The number of nitrogens with zero attached hydrogens (tertiary/aromatic N) is 1. The summed E-state index contributed by atoms with van der Waals surface area (Å²) in [6.07, 6.45) is 3.90. The van der Waals surface area contributed by atoms with Crippen molar-refractivity contribution in [3.8, 4) is 22.9 Å². The number of carbonyl (C=O) groups is 1. The quantitative estimate of drug-likeness (QED) is 0.184. The van der Waals surface area contributed by atoms with Gasteiger partial charge in [-0.1, -0.05) is 24.3 Å². The van der Waals surface area contributed by atoms with Gasteiger partial charge in [-0.25, -0.2) is 4.79 Å². The fourth-order valence-electron chi connectivity index (χ4n) is 2.30. The molecule has 5 heteroatoms. The maximum atomic E-state index is 12.2. The summed E-state index contributed by atoms with van der Waals surface area (Å²) in [5, 5.41) is 17.6. The summed E-state index contributed by atoms with van der Waals surface area (Å²) >= 11 is 0. The third-order valence-corrected chi connectivity index (χ3v) is 3.93. The van der Waals surface area contributed by atoms with E-state index in [0.29, 0.717) is 35.7 Å². The van der Waals surface area contributed by atoms with Gasteiger partial charge >= 0.3 is 5.97 Å². The summed E-state index contributed by atoms with van der Waals surface area (Å²) in [5.41, 5.74) is 3.01. The molecule has 0 bridgehead atoms. The molecule has 0 spiro atoms. The summed E-state index contributed by atoms with van der Waals surface area (Å²) in [7, 11) is 0. The lowest BCUT2D eigenvalue weighted by Crippen LogP contribution is -2.09. The van der Waals surface area contributed by atoms with Crippen LogP contribution in [-0.2, 0) is 9.53 Å². The Bertz CT molecular complexity index is 888. The van der Waals surface area contributed by atoms with Gasteiger partial charge in [0.1, 0.15) is 5.75 Å². The van der Waals surface area contributed by atoms with E-state index < -0.39 is 5.97 Å². The first-order chi connectivity index (χ1) is 13.5. The Kier molecular flexibility index (Phi) is 8.01. The van der Waals surface area contributed by atoms with Crippen LogP contribution in [0.4, 0.5) is 0 Å². The van der Waals surface area contributed by atoms with Crippen LogP contribution in [0.3, 0.4) is 0 Å². The van der Waals surface area contributed by atoms with E-state index in [4.69, 9.17) is 19.8 Å². The first-order valence-corrected chi connectivity index (χ1v) is 8.95. The zero-order valence-corrected chi connectivity index (χ0v) is 16.0. The summed E-state index contributed by atoms with van der Waals surface area (Å²) < 4.78 is 10.8. The van der Waals surface area contributed by atoms with Crippen LogP contribution < -0.4 is 4.74 Å². The van der Waals surface area contributed by atoms with Crippen LogP contribution >= 0.6 is 0 Å². The zero-order valence-electron chi connectivity index (χ0n) is 16.0. The van der Waals surface area contributed by atoms with Gasteiger partial charge in [-0.05, 0) is 61.4 Å². The number of benzene rings is 2. The molecule has 5 nitrogen and oxygen atoms in total. The number of carbonyl (C=O) groups excluding carboxylic acids is 1. The van der Waals surface area contributed by atoms with Crippen molar-refractivity contribution >= 4 is 5.97 Å². The van der Waals surface area contributed by atoms with E-state index in [0.717, 1.165) is 11.1 Å². The molecular formula is C23H23NO4. The van der Waals surface area contributed by atoms with Crippen molar-refractivity contribution in [3.63, 3.8) is 0 Å². The fraction of sp³-hybridized carbons (Fsp3) is 0.217. The highest BCUT2D eigenvalue weighted by atomic mass is 16.5. The summed E-state index contributed by atoms with van der Waals surface area (Å²) in [6.45, 7) is 3.97. The molecule has 144 valence electrons. The monoisotopic (exact) mass is 377 g/mol. The molecule has 0 aliphatic carbocycles. The average Bonchev–Trinajstić information content (AvgIpc) is 2.72. The predicted octanol–water partition coefficient (Wildman–Crippen LogP) is 4.38. The standard InChI is InChI=1S/C23H23NO4/c1-17(4-5-18(2)27-15-3-14-25)23(26)28-22-12-10-21(11-13-22)20-8-6-19(16-24)7-9-20/h4-13,25H,3,14-15H2,1-2H3/b17-4+,18-5+. The Morgan fingerprint density at radius 1 is 1.04 bits per heavy atom. The van der Waals surface area contributed by atoms with Crippen LogP contribution in [0.15, 0.2) is 72.0 Å². The van der Waals surface area contributed by atoms with E-state index in [1.54, 1.807) is 50.3 Å². The van der Waals surface area contributed by atoms with Crippen molar-refractivity contribution in [2.24, 2.45) is 0 Å². The Balaban J connectivity index is 1.97. The highest BCUT2D eigenvalue weighted by molar-refractivity contribution is 5.89. The lowest BCUT2D eigenvalue weighted by molar-refractivity contribution is -0.130. The molecular weight excluding hydrogens is 354 g/mol. The first kappa shape index (κ1) is 20.9. The van der Waals surface area contributed by atoms with E-state index in [1.807, 2.05) is 24.3 Å². The number of esters is 1. The van der Waals surface area contributed by atoms with E-state index >= 15 is 0 Å². The van der Waals surface area contributed by atoms with Gasteiger partial charge in [-0.3, -0.25) is 0 Å². The molecule has 0 unspecified atom stereocenters. The molecule has 28 heavy (non-hydrogen) atoms. The lowest BCUT2D eigenvalue weighted by Gasteiger charge is -2.07. The Hall–Kier alpha value is -3.36. The molecule has 2 aromatic rings. The van der Waals surface area contributed by atoms with Crippen molar-refractivity contribution in [2.45, 2.75) is 20.3 Å². The van der Waals surface area contributed by atoms with Crippen LogP contribution in [-0.4, -0.2) is 24.3 Å². The molecule has 2 aromatic carbocycles. The van der Waals surface area contributed by atoms with Gasteiger partial charge in [0.15, 0.2) is 0 Å². The molecule has 0 aliphatic rings. The molecule has 0 aromatic heterocycles. The van der Waals surface area contributed by atoms with Crippen molar-refractivity contribution in [2.75, 3.05) is 13.2 Å². The van der Waals surface area contributed by atoms with Gasteiger partial charge in [-0.2, -0.15) is 5.26 Å². The molecule has 0 saturated heterocycles. The molecule has 0 radical (unpaired) electrons. The van der Waals surface area contributed by atoms with E-state index in [-0.39, 0.29) is 6.61 Å². The van der Waals surface area contributed by atoms with Gasteiger partial charge in [0, 0.05) is 18.6 Å². The molecule has 0 aliphatic heterocycles. The van der Waals surface area contributed by atoms with E-state index in [1.165, 1.54) is 0 Å². The number of ether oxygens (including phenoxy) is 2. The second kappa shape index (κ2) is 10.7. The largest absolute Gasteiger partial charge is 0.498 e. The molecule has 0 amide bonds. The van der Waals surface area contributed by atoms with Crippen LogP contribution in [0.5, 0.6) is 5.75 Å². The Morgan fingerprint density at radius 3 is 2.21 bits per heavy atom. The smallest absolute Gasteiger partial charge is 0.339 e. The number of aliphatic hydroxyl groups excluding tert-OH is 1. The summed E-state index contributed by atoms with van der Waals surface area (Å²) in [5.74, 6) is 0.674. The van der Waals surface area contributed by atoms with Crippen molar-refractivity contribution in [1.82, 2.24) is 0 Å². The normalized spacial score (nSPS) is 11.6. The van der Waals surface area contributed by atoms with Gasteiger partial charge in [0.2, 0.25) is 0 Å². The minimum absolute atomic E-state index is 0.0818. The average molecular weight is 377 g/mol. The van der Waals surface area contributed by atoms with Gasteiger partial charge in [-0.15, -0.1) is 0 Å². The number of hydrogen-bond donors (Lipinski definition) is 1. The number of allylic oxidation sites excluding steroid dienone is 3. The summed E-state index contributed by atoms with van der Waals surface area (Å²) in [4.78, 5) is 12.2. The topological polar surface area (TPSA) is 79.6 Å². The number of rotatable bonds is 8. The van der Waals surface area contributed by atoms with Crippen molar-refractivity contribution < 1.29 is 19.4 Å². The molecule has 0 saturated carbocycles. The van der Waals surface area contributed by atoms with Gasteiger partial charge < -0.3 is 14.6 Å². The molecule has 2 rings (SSSR count). The third kappa shape index (κ3) is 6.42. The highest BCUT2D eigenvalue weighted by Gasteiger charge is 2.07. The number of hydrogen-bond acceptors (Lipinski definition) is 5. The van der Waals surface area contributed by atoms with E-state index in [2.05, 4.69) is 6.07 Å². The SMILES string of the molecule is C/C(=C\C=C(/C)C(=O)Oc1ccc(-c2ccc(C#N)cc2)cc1)OCCCO. The van der Waals surface area contributed by atoms with Crippen molar-refractivity contribution in [3.05, 3.63) is 77.6 Å². The second-order valence-electron chi connectivity index (χ2n) is 6.16. The second-order valence-corrected chi connectivity index (χ2v) is 6.16. The maximum absolute atomic E-state index is 12.2. The number of aliphatic hydroxyl groups is 1. The van der Waals surface area contributed by atoms with Crippen LogP contribution in [0.2, 0.25) is 0 Å². The van der Waals surface area contributed by atoms with Gasteiger partial charge in [0.05, 0.1) is 24.0 Å². The molecule has 0 fully saturated rings. The van der Waals surface area contributed by atoms with Gasteiger partial charge in [0.25, 0.3) is 0 Å². The molecule has 0 atom stereocenters. The lowest BCUT2D eigenvalue weighted by atomic mass is 10.0. The fourth-order valence-corrected chi connectivity index (χ4v) is 2.30. The zero-order chi connectivity index (χ0) is 20.4. The maximum Gasteiger partial charge on any atom is 0.339 e. The molecule has 0 heterocycles. The number of nitriles is 1. The highest BCUT2D eigenvalue weighted by Crippen LogP contribution is 2.23. The Morgan fingerprint density at radius 2 is 1.64 bits per heavy atom. The minimum atomic E-state index is -0.439. The first-order valence-electron chi connectivity index (χ1n) is 8.95.